The molecule has 1 amide bonds. The molecule has 1 aromatic rings. The number of nitrogens with zero attached hydrogens (tertiary/aromatic N) is 1. The normalized spacial score (nSPS) is 11.5. The fourth-order valence-electron chi connectivity index (χ4n) is 1.75. The Balaban J connectivity index is 2.34. The van der Waals surface area contributed by atoms with Gasteiger partial charge in [-0.05, 0) is 46.5 Å². The number of benzene rings is 1. The van der Waals surface area contributed by atoms with Gasteiger partial charge < -0.3 is 10.1 Å². The van der Waals surface area contributed by atoms with Crippen LogP contribution >= 0.6 is 0 Å². The standard InChI is InChI=1S/C16H26N2O2/c1-6-18(5)16(3,4)15(19)17-11-12-20-14-9-7-13(2)8-10-14/h7-10H,6,11-12H2,1-5H3,(H,17,19). The summed E-state index contributed by atoms with van der Waals surface area (Å²) in [6.07, 6.45) is 0. The first-order valence-electron chi connectivity index (χ1n) is 7.07. The zero-order chi connectivity index (χ0) is 15.2. The maximum absolute atomic E-state index is 12.1. The molecule has 0 saturated carbocycles. The van der Waals surface area contributed by atoms with Crippen LogP contribution in [0.25, 0.3) is 0 Å². The van der Waals surface area contributed by atoms with Crippen LogP contribution in [0.3, 0.4) is 0 Å². The Morgan fingerprint density at radius 1 is 1.30 bits per heavy atom. The first-order valence-corrected chi connectivity index (χ1v) is 7.07. The third-order valence-corrected chi connectivity index (χ3v) is 3.66. The first-order chi connectivity index (χ1) is 9.37. The highest BCUT2D eigenvalue weighted by atomic mass is 16.5. The van der Waals surface area contributed by atoms with Crippen molar-refractivity contribution in [3.63, 3.8) is 0 Å². The van der Waals surface area contributed by atoms with Gasteiger partial charge in [0.25, 0.3) is 0 Å². The zero-order valence-corrected chi connectivity index (χ0v) is 13.2. The smallest absolute Gasteiger partial charge is 0.240 e. The van der Waals surface area contributed by atoms with Gasteiger partial charge in [0.05, 0.1) is 12.1 Å². The van der Waals surface area contributed by atoms with E-state index in [0.29, 0.717) is 13.2 Å². The summed E-state index contributed by atoms with van der Waals surface area (Å²) in [6.45, 7) is 9.74. The first kappa shape index (κ1) is 16.5. The molecule has 0 aliphatic carbocycles. The highest BCUT2D eigenvalue weighted by molar-refractivity contribution is 5.85. The van der Waals surface area contributed by atoms with E-state index in [1.54, 1.807) is 0 Å². The predicted octanol–water partition coefficient (Wildman–Crippen LogP) is 2.22. The van der Waals surface area contributed by atoms with Gasteiger partial charge in [0.15, 0.2) is 0 Å². The zero-order valence-electron chi connectivity index (χ0n) is 13.2. The molecule has 0 spiro atoms. The lowest BCUT2D eigenvalue weighted by atomic mass is 10.0. The fourth-order valence-corrected chi connectivity index (χ4v) is 1.75. The maximum atomic E-state index is 12.1. The van der Waals surface area contributed by atoms with Crippen molar-refractivity contribution in [1.29, 1.82) is 0 Å². The maximum Gasteiger partial charge on any atom is 0.240 e. The number of rotatable bonds is 7. The van der Waals surface area contributed by atoms with Crippen molar-refractivity contribution >= 4 is 5.91 Å². The Labute approximate surface area is 122 Å². The van der Waals surface area contributed by atoms with E-state index in [1.165, 1.54) is 5.56 Å². The molecule has 4 nitrogen and oxygen atoms in total. The second-order valence-electron chi connectivity index (χ2n) is 5.49. The van der Waals surface area contributed by atoms with E-state index < -0.39 is 5.54 Å². The lowest BCUT2D eigenvalue weighted by molar-refractivity contribution is -0.130. The van der Waals surface area contributed by atoms with Crippen molar-refractivity contribution in [2.45, 2.75) is 33.2 Å². The van der Waals surface area contributed by atoms with Crippen molar-refractivity contribution in [2.75, 3.05) is 26.7 Å². The van der Waals surface area contributed by atoms with E-state index in [0.717, 1.165) is 12.3 Å². The summed E-state index contributed by atoms with van der Waals surface area (Å²) in [5, 5.41) is 2.91. The molecule has 0 aliphatic heterocycles. The van der Waals surface area contributed by atoms with E-state index in [1.807, 2.05) is 63.9 Å². The molecule has 0 unspecified atom stereocenters. The summed E-state index contributed by atoms with van der Waals surface area (Å²) in [7, 11) is 1.95. The van der Waals surface area contributed by atoms with Crippen LogP contribution in [-0.2, 0) is 4.79 Å². The predicted molar refractivity (Wildman–Crippen MR) is 82.1 cm³/mol. The van der Waals surface area contributed by atoms with Crippen LogP contribution in [0.4, 0.5) is 0 Å². The molecule has 0 aromatic heterocycles. The summed E-state index contributed by atoms with van der Waals surface area (Å²) < 4.78 is 5.58. The van der Waals surface area contributed by atoms with E-state index >= 15 is 0 Å². The highest BCUT2D eigenvalue weighted by Crippen LogP contribution is 2.12. The topological polar surface area (TPSA) is 41.6 Å². The van der Waals surface area contributed by atoms with Crippen LogP contribution in [0.1, 0.15) is 26.3 Å². The Morgan fingerprint density at radius 2 is 1.90 bits per heavy atom. The Bertz CT molecular complexity index is 427. The molecule has 112 valence electrons. The summed E-state index contributed by atoms with van der Waals surface area (Å²) in [5.41, 5.74) is 0.702. The number of hydrogen-bond donors (Lipinski definition) is 1. The third kappa shape index (κ3) is 4.53. The van der Waals surface area contributed by atoms with Crippen LogP contribution in [-0.4, -0.2) is 43.1 Å². The van der Waals surface area contributed by atoms with Crippen LogP contribution in [0, 0.1) is 6.92 Å². The summed E-state index contributed by atoms with van der Waals surface area (Å²) in [4.78, 5) is 14.1. The van der Waals surface area contributed by atoms with Crippen LogP contribution < -0.4 is 10.1 Å². The molecule has 0 bridgehead atoms. The number of ether oxygens (including phenoxy) is 1. The number of carbonyl (C=O) groups is 1. The molecule has 0 aliphatic rings. The Kier molecular flexibility index (Phi) is 6.02. The van der Waals surface area contributed by atoms with Crippen molar-refractivity contribution < 1.29 is 9.53 Å². The van der Waals surface area contributed by atoms with Gasteiger partial charge in [0.2, 0.25) is 5.91 Å². The van der Waals surface area contributed by atoms with Gasteiger partial charge in [-0.15, -0.1) is 0 Å². The minimum Gasteiger partial charge on any atom is -0.492 e. The summed E-state index contributed by atoms with van der Waals surface area (Å²) in [6, 6.07) is 7.89. The van der Waals surface area contributed by atoms with Crippen molar-refractivity contribution in [3.05, 3.63) is 29.8 Å². The van der Waals surface area contributed by atoms with Crippen LogP contribution in [0.15, 0.2) is 24.3 Å². The molecule has 1 aromatic carbocycles. The molecule has 20 heavy (non-hydrogen) atoms. The van der Waals surface area contributed by atoms with Crippen LogP contribution in [0.5, 0.6) is 5.75 Å². The van der Waals surface area contributed by atoms with Crippen molar-refractivity contribution in [2.24, 2.45) is 0 Å². The molecular weight excluding hydrogens is 252 g/mol. The van der Waals surface area contributed by atoms with Crippen molar-refractivity contribution in [1.82, 2.24) is 10.2 Å². The van der Waals surface area contributed by atoms with Gasteiger partial charge in [-0.25, -0.2) is 0 Å². The highest BCUT2D eigenvalue weighted by Gasteiger charge is 2.30. The molecule has 4 heteroatoms. The number of hydrogen-bond acceptors (Lipinski definition) is 3. The quantitative estimate of drug-likeness (QED) is 0.778. The van der Waals surface area contributed by atoms with E-state index in [-0.39, 0.29) is 5.91 Å². The second-order valence-corrected chi connectivity index (χ2v) is 5.49. The number of amides is 1. The Hall–Kier alpha value is -1.55. The van der Waals surface area contributed by atoms with Crippen molar-refractivity contribution in [3.8, 4) is 5.75 Å². The number of nitrogens with one attached hydrogen (secondary N) is 1. The Morgan fingerprint density at radius 3 is 2.45 bits per heavy atom. The van der Waals surface area contributed by atoms with Gasteiger partial charge in [-0.1, -0.05) is 24.6 Å². The third-order valence-electron chi connectivity index (χ3n) is 3.66. The molecule has 0 radical (unpaired) electrons. The van der Waals surface area contributed by atoms with Crippen LogP contribution in [0.2, 0.25) is 0 Å². The molecular formula is C16H26N2O2. The number of carbonyl (C=O) groups excluding carboxylic acids is 1. The lowest BCUT2D eigenvalue weighted by Crippen LogP contribution is -2.53. The SMILES string of the molecule is CCN(C)C(C)(C)C(=O)NCCOc1ccc(C)cc1. The molecule has 0 atom stereocenters. The monoisotopic (exact) mass is 278 g/mol. The van der Waals surface area contributed by atoms with E-state index in [2.05, 4.69) is 5.32 Å². The van der Waals surface area contributed by atoms with Gasteiger partial charge in [-0.3, -0.25) is 9.69 Å². The molecule has 0 saturated heterocycles. The summed E-state index contributed by atoms with van der Waals surface area (Å²) >= 11 is 0. The molecule has 1 rings (SSSR count). The average molecular weight is 278 g/mol. The average Bonchev–Trinajstić information content (AvgIpc) is 2.44. The second kappa shape index (κ2) is 7.29. The van der Waals surface area contributed by atoms with Gasteiger partial charge >= 0.3 is 0 Å². The van der Waals surface area contributed by atoms with E-state index in [9.17, 15) is 4.79 Å². The van der Waals surface area contributed by atoms with E-state index in [4.69, 9.17) is 4.74 Å². The minimum absolute atomic E-state index is 0.0226. The van der Waals surface area contributed by atoms with Gasteiger partial charge in [0.1, 0.15) is 12.4 Å². The van der Waals surface area contributed by atoms with Gasteiger partial charge in [-0.2, -0.15) is 0 Å². The molecule has 0 heterocycles. The largest absolute Gasteiger partial charge is 0.492 e. The van der Waals surface area contributed by atoms with Gasteiger partial charge in [0, 0.05) is 0 Å². The molecule has 0 fully saturated rings. The fraction of sp³-hybridized carbons (Fsp3) is 0.562. The summed E-state index contributed by atoms with van der Waals surface area (Å²) in [5.74, 6) is 0.851. The number of likely N-dealkylation sites (N-methyl/N-ethyl adjacent to an activating group) is 1. The lowest BCUT2D eigenvalue weighted by Gasteiger charge is -2.33. The molecule has 1 N–H and O–H groups in total. The minimum atomic E-state index is -0.501. The number of aryl methyl sites for hydroxylation is 1.